The Morgan fingerprint density at radius 3 is 2.76 bits per heavy atom. The van der Waals surface area contributed by atoms with Crippen LogP contribution >= 0.6 is 11.6 Å². The molecule has 0 aliphatic rings. The molecule has 0 radical (unpaired) electrons. The Morgan fingerprint density at radius 1 is 1.29 bits per heavy atom. The lowest BCUT2D eigenvalue weighted by atomic mass is 10.1. The van der Waals surface area contributed by atoms with Gasteiger partial charge in [0.2, 0.25) is 5.88 Å². The summed E-state index contributed by atoms with van der Waals surface area (Å²) >= 11 is 6.02. The van der Waals surface area contributed by atoms with Crippen LogP contribution in [-0.2, 0) is 6.42 Å². The summed E-state index contributed by atoms with van der Waals surface area (Å²) in [4.78, 5) is 7.91. The quantitative estimate of drug-likeness (QED) is 0.908. The van der Waals surface area contributed by atoms with Crippen molar-refractivity contribution in [3.8, 4) is 11.6 Å². The smallest absolute Gasteiger partial charge is 0.237 e. The minimum Gasteiger partial charge on any atom is -0.437 e. The van der Waals surface area contributed by atoms with Gasteiger partial charge in [0.15, 0.2) is 0 Å². The molecule has 1 heterocycles. The molecule has 1 aromatic heterocycles. The summed E-state index contributed by atoms with van der Waals surface area (Å²) in [6.45, 7) is 2.04. The first-order valence-electron chi connectivity index (χ1n) is 5.23. The van der Waals surface area contributed by atoms with Crippen molar-refractivity contribution in [3.63, 3.8) is 0 Å². The zero-order valence-corrected chi connectivity index (χ0v) is 10.1. The van der Waals surface area contributed by atoms with Crippen molar-refractivity contribution in [1.82, 2.24) is 9.97 Å². The Bertz CT molecular complexity index is 514. The van der Waals surface area contributed by atoms with E-state index in [0.29, 0.717) is 17.4 Å². The highest BCUT2D eigenvalue weighted by molar-refractivity contribution is 6.31. The van der Waals surface area contributed by atoms with Crippen molar-refractivity contribution in [3.05, 3.63) is 41.2 Å². The SMILES string of the molecule is CCc1cc(Oc2cnc(N)cn2)ccc1Cl. The fourth-order valence-corrected chi connectivity index (χ4v) is 1.64. The molecule has 2 rings (SSSR count). The number of aromatic nitrogens is 2. The summed E-state index contributed by atoms with van der Waals surface area (Å²) in [6, 6.07) is 5.49. The van der Waals surface area contributed by atoms with Crippen molar-refractivity contribution in [2.75, 3.05) is 5.73 Å². The van der Waals surface area contributed by atoms with Crippen LogP contribution in [0.15, 0.2) is 30.6 Å². The van der Waals surface area contributed by atoms with Crippen molar-refractivity contribution < 1.29 is 4.74 Å². The zero-order valence-electron chi connectivity index (χ0n) is 9.35. The molecule has 0 atom stereocenters. The first kappa shape index (κ1) is 11.7. The van der Waals surface area contributed by atoms with Crippen molar-refractivity contribution in [2.24, 2.45) is 0 Å². The van der Waals surface area contributed by atoms with E-state index < -0.39 is 0 Å². The van der Waals surface area contributed by atoms with Gasteiger partial charge in [-0.1, -0.05) is 18.5 Å². The van der Waals surface area contributed by atoms with Crippen molar-refractivity contribution >= 4 is 17.4 Å². The summed E-state index contributed by atoms with van der Waals surface area (Å²) in [5.74, 6) is 1.46. The van der Waals surface area contributed by atoms with Crippen LogP contribution in [0, 0.1) is 0 Å². The molecule has 0 spiro atoms. The molecule has 17 heavy (non-hydrogen) atoms. The summed E-state index contributed by atoms with van der Waals surface area (Å²) in [6.07, 6.45) is 3.78. The fourth-order valence-electron chi connectivity index (χ4n) is 1.39. The van der Waals surface area contributed by atoms with E-state index in [-0.39, 0.29) is 0 Å². The van der Waals surface area contributed by atoms with Gasteiger partial charge in [-0.3, -0.25) is 0 Å². The third-order valence-electron chi connectivity index (χ3n) is 2.27. The maximum absolute atomic E-state index is 6.02. The fraction of sp³-hybridized carbons (Fsp3) is 0.167. The molecular weight excluding hydrogens is 238 g/mol. The van der Waals surface area contributed by atoms with Crippen LogP contribution in [0.5, 0.6) is 11.6 Å². The number of halogens is 1. The molecule has 0 unspecified atom stereocenters. The number of nitrogens with zero attached hydrogens (tertiary/aromatic N) is 2. The maximum atomic E-state index is 6.02. The molecular formula is C12H12ClN3O. The summed E-state index contributed by atoms with van der Waals surface area (Å²) in [5, 5.41) is 0.739. The van der Waals surface area contributed by atoms with Crippen LogP contribution in [0.1, 0.15) is 12.5 Å². The van der Waals surface area contributed by atoms with Crippen LogP contribution < -0.4 is 10.5 Å². The molecule has 88 valence electrons. The molecule has 0 bridgehead atoms. The largest absolute Gasteiger partial charge is 0.437 e. The molecule has 2 N–H and O–H groups in total. The number of aryl methyl sites for hydroxylation is 1. The lowest BCUT2D eigenvalue weighted by molar-refractivity contribution is 0.460. The van der Waals surface area contributed by atoms with Crippen molar-refractivity contribution in [2.45, 2.75) is 13.3 Å². The van der Waals surface area contributed by atoms with Crippen LogP contribution in [0.3, 0.4) is 0 Å². The average Bonchev–Trinajstić information content (AvgIpc) is 2.34. The third-order valence-corrected chi connectivity index (χ3v) is 2.64. The van der Waals surface area contributed by atoms with E-state index in [2.05, 4.69) is 9.97 Å². The maximum Gasteiger partial charge on any atom is 0.237 e. The second-order valence-electron chi connectivity index (χ2n) is 3.49. The van der Waals surface area contributed by atoms with Gasteiger partial charge in [-0.25, -0.2) is 9.97 Å². The van der Waals surface area contributed by atoms with E-state index in [4.69, 9.17) is 22.1 Å². The highest BCUT2D eigenvalue weighted by Gasteiger charge is 2.03. The topological polar surface area (TPSA) is 61.0 Å². The summed E-state index contributed by atoms with van der Waals surface area (Å²) < 4.78 is 5.54. The minimum atomic E-state index is 0.364. The van der Waals surface area contributed by atoms with Crippen LogP contribution in [-0.4, -0.2) is 9.97 Å². The van der Waals surface area contributed by atoms with Gasteiger partial charge >= 0.3 is 0 Å². The minimum absolute atomic E-state index is 0.364. The molecule has 0 aliphatic heterocycles. The summed E-state index contributed by atoms with van der Waals surface area (Å²) in [7, 11) is 0. The second kappa shape index (κ2) is 5.01. The molecule has 0 saturated carbocycles. The Morgan fingerprint density at radius 2 is 2.12 bits per heavy atom. The number of nitrogens with two attached hydrogens (primary N) is 1. The van der Waals surface area contributed by atoms with Crippen molar-refractivity contribution in [1.29, 1.82) is 0 Å². The molecule has 4 nitrogen and oxygen atoms in total. The molecule has 0 aliphatic carbocycles. The first-order chi connectivity index (χ1) is 8.19. The second-order valence-corrected chi connectivity index (χ2v) is 3.90. The van der Waals surface area contributed by atoms with Gasteiger partial charge in [-0.2, -0.15) is 0 Å². The average molecular weight is 250 g/mol. The molecule has 5 heteroatoms. The van der Waals surface area contributed by atoms with E-state index >= 15 is 0 Å². The van der Waals surface area contributed by atoms with Gasteiger partial charge < -0.3 is 10.5 Å². The molecule has 0 fully saturated rings. The lowest BCUT2D eigenvalue weighted by Crippen LogP contribution is -1.94. The van der Waals surface area contributed by atoms with Gasteiger partial charge in [-0.15, -0.1) is 0 Å². The van der Waals surface area contributed by atoms with Gasteiger partial charge in [0.05, 0.1) is 12.4 Å². The standard InChI is InChI=1S/C12H12ClN3O/c1-2-8-5-9(3-4-10(8)13)17-12-7-15-11(14)6-16-12/h3-7H,2H2,1H3,(H2,14,15). The lowest BCUT2D eigenvalue weighted by Gasteiger charge is -2.07. The number of ether oxygens (including phenoxy) is 1. The van der Waals surface area contributed by atoms with E-state index in [1.165, 1.54) is 12.4 Å². The number of hydrogen-bond donors (Lipinski definition) is 1. The Hall–Kier alpha value is -1.81. The van der Waals surface area contributed by atoms with Gasteiger partial charge in [0.1, 0.15) is 11.6 Å². The first-order valence-corrected chi connectivity index (χ1v) is 5.60. The number of nitrogen functional groups attached to an aromatic ring is 1. The monoisotopic (exact) mass is 249 g/mol. The highest BCUT2D eigenvalue weighted by atomic mass is 35.5. The Kier molecular flexibility index (Phi) is 3.44. The zero-order chi connectivity index (χ0) is 12.3. The normalized spacial score (nSPS) is 10.2. The molecule has 0 saturated heterocycles. The highest BCUT2D eigenvalue weighted by Crippen LogP contribution is 2.25. The molecule has 2 aromatic rings. The number of rotatable bonds is 3. The Balaban J connectivity index is 2.21. The van der Waals surface area contributed by atoms with E-state index in [9.17, 15) is 0 Å². The number of benzene rings is 1. The van der Waals surface area contributed by atoms with Crippen LogP contribution in [0.2, 0.25) is 5.02 Å². The number of hydrogen-bond acceptors (Lipinski definition) is 4. The molecule has 0 amide bonds. The third kappa shape index (κ3) is 2.85. The van der Waals surface area contributed by atoms with E-state index in [1.54, 1.807) is 12.1 Å². The summed E-state index contributed by atoms with van der Waals surface area (Å²) in [5.41, 5.74) is 6.47. The Labute approximate surface area is 104 Å². The van der Waals surface area contributed by atoms with Gasteiger partial charge in [-0.05, 0) is 30.2 Å². The molecule has 1 aromatic carbocycles. The number of anilines is 1. The predicted molar refractivity (Wildman–Crippen MR) is 67.3 cm³/mol. The van der Waals surface area contributed by atoms with Crippen LogP contribution in [0.25, 0.3) is 0 Å². The van der Waals surface area contributed by atoms with Gasteiger partial charge in [0.25, 0.3) is 0 Å². The predicted octanol–water partition coefficient (Wildman–Crippen LogP) is 3.07. The van der Waals surface area contributed by atoms with Gasteiger partial charge in [0, 0.05) is 5.02 Å². The van der Waals surface area contributed by atoms with E-state index in [1.807, 2.05) is 13.0 Å². The van der Waals surface area contributed by atoms with E-state index in [0.717, 1.165) is 17.0 Å². The van der Waals surface area contributed by atoms with Crippen LogP contribution in [0.4, 0.5) is 5.82 Å².